The number of carbonyl (C=O) groups is 2. The smallest absolute Gasteiger partial charge is 0.264 e. The van der Waals surface area contributed by atoms with Crippen LogP contribution >= 0.6 is 11.3 Å². The number of amides is 2. The van der Waals surface area contributed by atoms with Gasteiger partial charge in [0, 0.05) is 31.9 Å². The highest BCUT2D eigenvalue weighted by Gasteiger charge is 2.25. The molecular formula is C21H27N3O2S. The molecule has 2 aromatic rings. The van der Waals surface area contributed by atoms with Crippen LogP contribution in [-0.4, -0.2) is 54.3 Å². The van der Waals surface area contributed by atoms with Gasteiger partial charge in [0.25, 0.3) is 5.91 Å². The Labute approximate surface area is 165 Å². The first-order valence-corrected chi connectivity index (χ1v) is 10.3. The number of piperazine rings is 1. The second-order valence-corrected chi connectivity index (χ2v) is 7.93. The highest BCUT2D eigenvalue weighted by Crippen LogP contribution is 2.21. The average molecular weight is 386 g/mol. The summed E-state index contributed by atoms with van der Waals surface area (Å²) in [5, 5.41) is 5.02. The number of carbonyl (C=O) groups excluding carboxylic acids is 2. The van der Waals surface area contributed by atoms with Gasteiger partial charge in [0.05, 0.1) is 11.4 Å². The number of thiophene rings is 1. The molecule has 3 rings (SSSR count). The lowest BCUT2D eigenvalue weighted by Gasteiger charge is -2.34. The van der Waals surface area contributed by atoms with Crippen LogP contribution in [0.25, 0.3) is 0 Å². The van der Waals surface area contributed by atoms with Crippen LogP contribution in [0.15, 0.2) is 29.6 Å². The normalized spacial score (nSPS) is 15.0. The largest absolute Gasteiger partial charge is 0.335 e. The highest BCUT2D eigenvalue weighted by molar-refractivity contribution is 7.12. The summed E-state index contributed by atoms with van der Waals surface area (Å²) < 4.78 is 0. The number of nitrogens with zero attached hydrogens (tertiary/aromatic N) is 2. The van der Waals surface area contributed by atoms with Gasteiger partial charge in [-0.05, 0) is 48.4 Å². The Morgan fingerprint density at radius 3 is 2.37 bits per heavy atom. The minimum atomic E-state index is -0.00120. The summed E-state index contributed by atoms with van der Waals surface area (Å²) in [7, 11) is 0. The molecule has 1 aliphatic rings. The SMILES string of the molecule is CCc1ccsc1C(=O)N1CCN(CC(=O)Nc2c(C)cccc2C)CC1. The number of benzene rings is 1. The van der Waals surface area contributed by atoms with Gasteiger partial charge < -0.3 is 10.2 Å². The molecule has 0 bridgehead atoms. The second kappa shape index (κ2) is 8.67. The van der Waals surface area contributed by atoms with Crippen molar-refractivity contribution in [3.63, 3.8) is 0 Å². The Hall–Kier alpha value is -2.18. The average Bonchev–Trinajstić information content (AvgIpc) is 3.14. The van der Waals surface area contributed by atoms with Crippen LogP contribution in [0, 0.1) is 13.8 Å². The molecule has 0 unspecified atom stereocenters. The number of rotatable bonds is 5. The lowest BCUT2D eigenvalue weighted by molar-refractivity contribution is -0.117. The van der Waals surface area contributed by atoms with Gasteiger partial charge in [-0.15, -0.1) is 11.3 Å². The van der Waals surface area contributed by atoms with E-state index in [-0.39, 0.29) is 11.8 Å². The molecule has 0 saturated carbocycles. The molecule has 6 heteroatoms. The van der Waals surface area contributed by atoms with E-state index in [1.165, 1.54) is 11.3 Å². The van der Waals surface area contributed by atoms with Gasteiger partial charge in [0.15, 0.2) is 0 Å². The fraction of sp³-hybridized carbons (Fsp3) is 0.429. The zero-order valence-corrected chi connectivity index (χ0v) is 17.1. The van der Waals surface area contributed by atoms with Crippen molar-refractivity contribution < 1.29 is 9.59 Å². The zero-order chi connectivity index (χ0) is 19.4. The molecule has 2 amide bonds. The van der Waals surface area contributed by atoms with Gasteiger partial charge in [-0.1, -0.05) is 25.1 Å². The maximum Gasteiger partial charge on any atom is 0.264 e. The van der Waals surface area contributed by atoms with E-state index in [1.807, 2.05) is 48.4 Å². The van der Waals surface area contributed by atoms with E-state index in [9.17, 15) is 9.59 Å². The lowest BCUT2D eigenvalue weighted by atomic mass is 10.1. The molecule has 27 heavy (non-hydrogen) atoms. The van der Waals surface area contributed by atoms with E-state index < -0.39 is 0 Å². The van der Waals surface area contributed by atoms with Crippen molar-refractivity contribution in [2.75, 3.05) is 38.0 Å². The first kappa shape index (κ1) is 19.6. The van der Waals surface area contributed by atoms with E-state index in [2.05, 4.69) is 17.1 Å². The van der Waals surface area contributed by atoms with Gasteiger partial charge in [0.2, 0.25) is 5.91 Å². The Morgan fingerprint density at radius 1 is 1.07 bits per heavy atom. The van der Waals surface area contributed by atoms with E-state index in [1.54, 1.807) is 0 Å². The Kier molecular flexibility index (Phi) is 6.29. The molecule has 1 aromatic carbocycles. The van der Waals surface area contributed by atoms with Crippen LogP contribution in [0.5, 0.6) is 0 Å². The molecule has 1 N–H and O–H groups in total. The third kappa shape index (κ3) is 4.57. The first-order valence-electron chi connectivity index (χ1n) is 9.43. The fourth-order valence-electron chi connectivity index (χ4n) is 3.45. The summed E-state index contributed by atoms with van der Waals surface area (Å²) in [4.78, 5) is 30.0. The van der Waals surface area contributed by atoms with Crippen molar-refractivity contribution in [2.24, 2.45) is 0 Å². The molecule has 5 nitrogen and oxygen atoms in total. The van der Waals surface area contributed by atoms with Gasteiger partial charge in [-0.25, -0.2) is 0 Å². The number of anilines is 1. The molecule has 1 saturated heterocycles. The number of hydrogen-bond acceptors (Lipinski definition) is 4. The standard InChI is InChI=1S/C21H27N3O2S/c1-4-17-8-13-27-20(17)21(26)24-11-9-23(10-12-24)14-18(25)22-19-15(2)6-5-7-16(19)3/h5-8,13H,4,9-12,14H2,1-3H3,(H,22,25). The highest BCUT2D eigenvalue weighted by atomic mass is 32.1. The maximum atomic E-state index is 12.7. The Balaban J connectivity index is 1.52. The van der Waals surface area contributed by atoms with Crippen LogP contribution in [0.1, 0.15) is 33.3 Å². The molecular weight excluding hydrogens is 358 g/mol. The summed E-state index contributed by atoms with van der Waals surface area (Å²) in [6.07, 6.45) is 0.878. The zero-order valence-electron chi connectivity index (χ0n) is 16.2. The molecule has 144 valence electrons. The second-order valence-electron chi connectivity index (χ2n) is 7.01. The summed E-state index contributed by atoms with van der Waals surface area (Å²) >= 11 is 1.52. The lowest BCUT2D eigenvalue weighted by Crippen LogP contribution is -2.50. The van der Waals surface area contributed by atoms with Crippen molar-refractivity contribution in [1.29, 1.82) is 0 Å². The van der Waals surface area contributed by atoms with Crippen LogP contribution in [-0.2, 0) is 11.2 Å². The molecule has 0 atom stereocenters. The van der Waals surface area contributed by atoms with Gasteiger partial charge in [0.1, 0.15) is 0 Å². The van der Waals surface area contributed by atoms with Gasteiger partial charge in [-0.3, -0.25) is 14.5 Å². The Morgan fingerprint density at radius 2 is 1.74 bits per heavy atom. The summed E-state index contributed by atoms with van der Waals surface area (Å²) in [6, 6.07) is 8.03. The molecule has 2 heterocycles. The molecule has 0 aliphatic carbocycles. The minimum Gasteiger partial charge on any atom is -0.335 e. The van der Waals surface area contributed by atoms with E-state index >= 15 is 0 Å². The van der Waals surface area contributed by atoms with Crippen LogP contribution in [0.2, 0.25) is 0 Å². The molecule has 1 aromatic heterocycles. The third-order valence-corrected chi connectivity index (χ3v) is 6.04. The minimum absolute atomic E-state index is 0.00120. The topological polar surface area (TPSA) is 52.7 Å². The maximum absolute atomic E-state index is 12.7. The quantitative estimate of drug-likeness (QED) is 0.859. The van der Waals surface area contributed by atoms with E-state index in [4.69, 9.17) is 0 Å². The van der Waals surface area contributed by atoms with Gasteiger partial charge in [-0.2, -0.15) is 0 Å². The van der Waals surface area contributed by atoms with E-state index in [0.29, 0.717) is 19.6 Å². The number of aryl methyl sites for hydroxylation is 3. The molecule has 1 aliphatic heterocycles. The number of nitrogens with one attached hydrogen (secondary N) is 1. The van der Waals surface area contributed by atoms with Crippen LogP contribution < -0.4 is 5.32 Å². The summed E-state index contributed by atoms with van der Waals surface area (Å²) in [5.74, 6) is 0.125. The number of hydrogen-bond donors (Lipinski definition) is 1. The molecule has 0 spiro atoms. The fourth-order valence-corrected chi connectivity index (χ4v) is 4.41. The van der Waals surface area contributed by atoms with Crippen molar-refractivity contribution >= 4 is 28.8 Å². The van der Waals surface area contributed by atoms with Crippen molar-refractivity contribution in [2.45, 2.75) is 27.2 Å². The van der Waals surface area contributed by atoms with Crippen LogP contribution in [0.4, 0.5) is 5.69 Å². The van der Waals surface area contributed by atoms with Crippen molar-refractivity contribution in [3.8, 4) is 0 Å². The molecule has 1 fully saturated rings. The van der Waals surface area contributed by atoms with Gasteiger partial charge >= 0.3 is 0 Å². The van der Waals surface area contributed by atoms with Crippen molar-refractivity contribution in [1.82, 2.24) is 9.80 Å². The summed E-state index contributed by atoms with van der Waals surface area (Å²) in [6.45, 7) is 9.20. The summed E-state index contributed by atoms with van der Waals surface area (Å²) in [5.41, 5.74) is 4.17. The first-order chi connectivity index (χ1) is 13.0. The predicted molar refractivity (Wildman–Crippen MR) is 111 cm³/mol. The number of para-hydroxylation sites is 1. The van der Waals surface area contributed by atoms with E-state index in [0.717, 1.165) is 46.8 Å². The Bertz CT molecular complexity index is 802. The van der Waals surface area contributed by atoms with Crippen LogP contribution in [0.3, 0.4) is 0 Å². The predicted octanol–water partition coefficient (Wildman–Crippen LogP) is 3.32. The monoisotopic (exact) mass is 385 g/mol. The molecule has 0 radical (unpaired) electrons. The van der Waals surface area contributed by atoms with Crippen molar-refractivity contribution in [3.05, 3.63) is 51.2 Å². The third-order valence-electron chi connectivity index (χ3n) is 5.09.